The van der Waals surface area contributed by atoms with Crippen LogP contribution in [0.1, 0.15) is 66.4 Å². The summed E-state index contributed by atoms with van der Waals surface area (Å²) in [4.78, 5) is 12.9. The van der Waals surface area contributed by atoms with Gasteiger partial charge in [0.2, 0.25) is 0 Å². The molecule has 2 aliphatic carbocycles. The van der Waals surface area contributed by atoms with E-state index in [1.165, 1.54) is 24.0 Å². The Hall–Kier alpha value is -2.77. The molecule has 4 nitrogen and oxygen atoms in total. The van der Waals surface area contributed by atoms with E-state index in [9.17, 15) is 4.79 Å². The Balaban J connectivity index is 1.40. The van der Waals surface area contributed by atoms with Crippen LogP contribution in [-0.2, 0) is 15.9 Å². The minimum Gasteiger partial charge on any atom is -0.468 e. The van der Waals surface area contributed by atoms with E-state index in [1.54, 1.807) is 31.4 Å². The number of carbonyl (C=O) groups excluding carboxylic acids is 1. The molecule has 2 fully saturated rings. The van der Waals surface area contributed by atoms with Crippen molar-refractivity contribution in [1.82, 2.24) is 0 Å². The third-order valence-electron chi connectivity index (χ3n) is 7.10. The van der Waals surface area contributed by atoms with Crippen molar-refractivity contribution in [3.05, 3.63) is 65.2 Å². The van der Waals surface area contributed by atoms with E-state index in [2.05, 4.69) is 37.1 Å². The average molecular weight is 433 g/mol. The van der Waals surface area contributed by atoms with Gasteiger partial charge in [0.15, 0.2) is 12.4 Å². The SMILES string of the molecule is C#CC1(OC(=O)c2ccc(OCOC)cc2)CC2CC1CC2c1ccc(CCCC)cc1. The molecule has 0 aliphatic heterocycles. The molecular formula is C28H32O4. The van der Waals surface area contributed by atoms with Crippen molar-refractivity contribution >= 4 is 5.97 Å². The minimum atomic E-state index is -0.801. The molecule has 4 heteroatoms. The molecule has 0 spiro atoms. The molecule has 168 valence electrons. The number of esters is 1. The Morgan fingerprint density at radius 1 is 1.12 bits per heavy atom. The van der Waals surface area contributed by atoms with Gasteiger partial charge in [-0.2, -0.15) is 0 Å². The topological polar surface area (TPSA) is 44.8 Å². The van der Waals surface area contributed by atoms with Crippen LogP contribution in [0.25, 0.3) is 0 Å². The second-order valence-corrected chi connectivity index (χ2v) is 9.08. The van der Waals surface area contributed by atoms with Crippen LogP contribution in [0.4, 0.5) is 0 Å². The van der Waals surface area contributed by atoms with Gasteiger partial charge in [0.05, 0.1) is 5.56 Å². The monoisotopic (exact) mass is 432 g/mol. The van der Waals surface area contributed by atoms with Gasteiger partial charge in [-0.15, -0.1) is 6.42 Å². The second kappa shape index (κ2) is 9.79. The molecule has 0 saturated heterocycles. The Labute approximate surface area is 191 Å². The molecule has 2 bridgehead atoms. The Morgan fingerprint density at radius 3 is 2.47 bits per heavy atom. The van der Waals surface area contributed by atoms with Crippen LogP contribution in [0, 0.1) is 24.2 Å². The maximum absolute atomic E-state index is 12.9. The highest BCUT2D eigenvalue weighted by atomic mass is 16.7. The predicted molar refractivity (Wildman–Crippen MR) is 125 cm³/mol. The van der Waals surface area contributed by atoms with Gasteiger partial charge < -0.3 is 14.2 Å². The molecule has 2 aromatic carbocycles. The van der Waals surface area contributed by atoms with Crippen molar-refractivity contribution in [3.8, 4) is 18.1 Å². The first-order valence-electron chi connectivity index (χ1n) is 11.6. The molecule has 2 saturated carbocycles. The molecule has 4 unspecified atom stereocenters. The van der Waals surface area contributed by atoms with E-state index in [-0.39, 0.29) is 18.7 Å². The number of benzene rings is 2. The van der Waals surface area contributed by atoms with E-state index < -0.39 is 5.60 Å². The van der Waals surface area contributed by atoms with Gasteiger partial charge >= 0.3 is 5.97 Å². The number of fused-ring (bicyclic) bond motifs is 2. The molecule has 2 aromatic rings. The smallest absolute Gasteiger partial charge is 0.339 e. The number of unbranched alkanes of at least 4 members (excludes halogenated alkanes) is 1. The van der Waals surface area contributed by atoms with Gasteiger partial charge in [-0.1, -0.05) is 43.5 Å². The third kappa shape index (κ3) is 4.54. The first kappa shape index (κ1) is 22.4. The van der Waals surface area contributed by atoms with E-state index in [1.807, 2.05) is 0 Å². The number of ether oxygens (including phenoxy) is 3. The summed E-state index contributed by atoms with van der Waals surface area (Å²) in [5.41, 5.74) is 2.47. The quantitative estimate of drug-likeness (QED) is 0.287. The van der Waals surface area contributed by atoms with Crippen LogP contribution in [-0.4, -0.2) is 25.5 Å². The second-order valence-electron chi connectivity index (χ2n) is 9.08. The molecule has 0 amide bonds. The molecule has 0 aromatic heterocycles. The average Bonchev–Trinajstić information content (AvgIpc) is 3.41. The zero-order valence-electron chi connectivity index (χ0n) is 19.0. The zero-order valence-corrected chi connectivity index (χ0v) is 19.0. The first-order valence-corrected chi connectivity index (χ1v) is 11.6. The van der Waals surface area contributed by atoms with Crippen LogP contribution >= 0.6 is 0 Å². The fourth-order valence-corrected chi connectivity index (χ4v) is 5.38. The van der Waals surface area contributed by atoms with E-state index in [0.29, 0.717) is 23.1 Å². The van der Waals surface area contributed by atoms with Gasteiger partial charge in [-0.05, 0) is 72.9 Å². The highest BCUT2D eigenvalue weighted by Crippen LogP contribution is 2.58. The lowest BCUT2D eigenvalue weighted by Crippen LogP contribution is -2.40. The van der Waals surface area contributed by atoms with Crippen LogP contribution in [0.2, 0.25) is 0 Å². The standard InChI is InChI=1S/C28H32O4/c1-4-6-7-20-8-10-21(11-9-20)26-17-24-16-23(26)18-28(24,5-2)32-27(29)22-12-14-25(15-13-22)31-19-30-3/h2,8-15,23-24,26H,4,6-7,16-19H2,1,3H3. The summed E-state index contributed by atoms with van der Waals surface area (Å²) in [6.07, 6.45) is 12.3. The number of rotatable bonds is 9. The molecule has 32 heavy (non-hydrogen) atoms. The van der Waals surface area contributed by atoms with E-state index >= 15 is 0 Å². The lowest BCUT2D eigenvalue weighted by Gasteiger charge is -2.35. The van der Waals surface area contributed by atoms with Crippen LogP contribution in [0.5, 0.6) is 5.75 Å². The van der Waals surface area contributed by atoms with E-state index in [0.717, 1.165) is 25.7 Å². The predicted octanol–water partition coefficient (Wildman–Crippen LogP) is 5.75. The maximum Gasteiger partial charge on any atom is 0.339 e. The first-order chi connectivity index (χ1) is 15.6. The summed E-state index contributed by atoms with van der Waals surface area (Å²) in [5.74, 6) is 4.29. The van der Waals surface area contributed by atoms with Gasteiger partial charge in [0.25, 0.3) is 0 Å². The van der Waals surface area contributed by atoms with Crippen molar-refractivity contribution < 1.29 is 19.0 Å². The molecular weight excluding hydrogens is 400 g/mol. The summed E-state index contributed by atoms with van der Waals surface area (Å²) in [7, 11) is 1.56. The number of aryl methyl sites for hydroxylation is 1. The number of terminal acetylenes is 1. The molecule has 2 aliphatic rings. The Kier molecular flexibility index (Phi) is 6.86. The summed E-state index contributed by atoms with van der Waals surface area (Å²) < 4.78 is 16.3. The molecule has 0 radical (unpaired) electrons. The lowest BCUT2D eigenvalue weighted by molar-refractivity contribution is -0.0171. The molecule has 0 N–H and O–H groups in total. The largest absolute Gasteiger partial charge is 0.468 e. The summed E-state index contributed by atoms with van der Waals surface area (Å²) in [6.45, 7) is 2.39. The van der Waals surface area contributed by atoms with Gasteiger partial charge in [-0.25, -0.2) is 4.79 Å². The van der Waals surface area contributed by atoms with E-state index in [4.69, 9.17) is 20.6 Å². The minimum absolute atomic E-state index is 0.162. The Bertz CT molecular complexity index is 956. The lowest BCUT2D eigenvalue weighted by atomic mass is 9.76. The Morgan fingerprint density at radius 2 is 1.88 bits per heavy atom. The van der Waals surface area contributed by atoms with Gasteiger partial charge in [0.1, 0.15) is 5.75 Å². The van der Waals surface area contributed by atoms with Crippen molar-refractivity contribution in [3.63, 3.8) is 0 Å². The normalized spacial score (nSPS) is 26.0. The fourth-order valence-electron chi connectivity index (χ4n) is 5.38. The van der Waals surface area contributed by atoms with Crippen LogP contribution in [0.15, 0.2) is 48.5 Å². The zero-order chi connectivity index (χ0) is 22.6. The molecule has 4 rings (SSSR count). The highest BCUT2D eigenvalue weighted by molar-refractivity contribution is 5.90. The number of methoxy groups -OCH3 is 1. The fraction of sp³-hybridized carbons (Fsp3) is 0.464. The summed E-state index contributed by atoms with van der Waals surface area (Å²) in [6, 6.07) is 16.0. The number of hydrogen-bond acceptors (Lipinski definition) is 4. The molecule has 0 heterocycles. The third-order valence-corrected chi connectivity index (χ3v) is 7.10. The van der Waals surface area contributed by atoms with Gasteiger partial charge in [-0.3, -0.25) is 0 Å². The van der Waals surface area contributed by atoms with Gasteiger partial charge in [0, 0.05) is 19.4 Å². The molecule has 4 atom stereocenters. The summed E-state index contributed by atoms with van der Waals surface area (Å²) in [5, 5.41) is 0. The van der Waals surface area contributed by atoms with Crippen molar-refractivity contribution in [2.45, 2.75) is 57.0 Å². The number of carbonyl (C=O) groups is 1. The van der Waals surface area contributed by atoms with Crippen molar-refractivity contribution in [2.24, 2.45) is 11.8 Å². The van der Waals surface area contributed by atoms with Crippen molar-refractivity contribution in [1.29, 1.82) is 0 Å². The summed E-state index contributed by atoms with van der Waals surface area (Å²) >= 11 is 0. The maximum atomic E-state index is 12.9. The van der Waals surface area contributed by atoms with Crippen molar-refractivity contribution in [2.75, 3.05) is 13.9 Å². The highest BCUT2D eigenvalue weighted by Gasteiger charge is 2.57. The number of hydrogen-bond donors (Lipinski definition) is 0. The van der Waals surface area contributed by atoms with Crippen LogP contribution < -0.4 is 4.74 Å². The van der Waals surface area contributed by atoms with Crippen LogP contribution in [0.3, 0.4) is 0 Å².